The number of ketones is 1. The number of ether oxygens (including phenoxy) is 3. The van der Waals surface area contributed by atoms with Crippen LogP contribution in [0.1, 0.15) is 49.9 Å². The van der Waals surface area contributed by atoms with Crippen molar-refractivity contribution < 1.29 is 28.9 Å². The number of carbonyl (C=O) groups excluding carboxylic acids is 2. The molecule has 3 aromatic carbocycles. The second kappa shape index (κ2) is 13.0. The fourth-order valence-electron chi connectivity index (χ4n) is 4.68. The van der Waals surface area contributed by atoms with E-state index in [1.165, 1.54) is 4.90 Å². The minimum atomic E-state index is -0.792. The average molecular weight is 530 g/mol. The number of Topliss-reactive ketones (excluding diaryl/α,β-unsaturated/α-hetero) is 1. The highest BCUT2D eigenvalue weighted by Crippen LogP contribution is 2.42. The van der Waals surface area contributed by atoms with Crippen LogP contribution in [0.3, 0.4) is 0 Å². The van der Waals surface area contributed by atoms with Crippen molar-refractivity contribution in [1.82, 2.24) is 4.90 Å². The first kappa shape index (κ1) is 27.8. The number of amides is 1. The third kappa shape index (κ3) is 6.25. The van der Waals surface area contributed by atoms with Crippen LogP contribution >= 0.6 is 0 Å². The summed E-state index contributed by atoms with van der Waals surface area (Å²) in [5, 5.41) is 11.4. The van der Waals surface area contributed by atoms with Gasteiger partial charge in [-0.05, 0) is 74.2 Å². The Hall–Kier alpha value is -4.26. The number of aliphatic hydroxyl groups is 1. The lowest BCUT2D eigenvalue weighted by molar-refractivity contribution is -0.139. The van der Waals surface area contributed by atoms with Gasteiger partial charge in [-0.3, -0.25) is 9.59 Å². The van der Waals surface area contributed by atoms with E-state index in [2.05, 4.69) is 0 Å². The Kier molecular flexibility index (Phi) is 9.26. The van der Waals surface area contributed by atoms with Gasteiger partial charge in [0.2, 0.25) is 0 Å². The van der Waals surface area contributed by atoms with Crippen LogP contribution in [0.4, 0.5) is 0 Å². The van der Waals surface area contributed by atoms with Crippen LogP contribution in [0.25, 0.3) is 5.76 Å². The summed E-state index contributed by atoms with van der Waals surface area (Å²) in [5.74, 6) is 0.176. The Morgan fingerprint density at radius 2 is 1.56 bits per heavy atom. The Bertz CT molecular complexity index is 1320. The van der Waals surface area contributed by atoms with Gasteiger partial charge in [0.1, 0.15) is 11.5 Å². The van der Waals surface area contributed by atoms with E-state index in [0.29, 0.717) is 61.2 Å². The van der Waals surface area contributed by atoms with E-state index in [1.54, 1.807) is 36.4 Å². The molecule has 1 fully saturated rings. The van der Waals surface area contributed by atoms with Crippen LogP contribution in [0, 0.1) is 0 Å². The van der Waals surface area contributed by atoms with Crippen molar-refractivity contribution in [2.24, 2.45) is 0 Å². The fourth-order valence-corrected chi connectivity index (χ4v) is 4.68. The topological polar surface area (TPSA) is 85.3 Å². The van der Waals surface area contributed by atoms with Crippen molar-refractivity contribution in [3.63, 3.8) is 0 Å². The van der Waals surface area contributed by atoms with Crippen LogP contribution in [0.2, 0.25) is 0 Å². The molecule has 1 saturated heterocycles. The Morgan fingerprint density at radius 3 is 2.23 bits per heavy atom. The van der Waals surface area contributed by atoms with Gasteiger partial charge in [-0.25, -0.2) is 0 Å². The lowest BCUT2D eigenvalue weighted by atomic mass is 9.94. The van der Waals surface area contributed by atoms with Crippen molar-refractivity contribution in [2.75, 3.05) is 26.4 Å². The van der Waals surface area contributed by atoms with Gasteiger partial charge in [-0.2, -0.15) is 0 Å². The Morgan fingerprint density at radius 1 is 0.846 bits per heavy atom. The molecule has 7 heteroatoms. The summed E-state index contributed by atoms with van der Waals surface area (Å²) in [6, 6.07) is 21.2. The summed E-state index contributed by atoms with van der Waals surface area (Å²) in [6.45, 7) is 7.57. The summed E-state index contributed by atoms with van der Waals surface area (Å²) >= 11 is 0. The first-order valence-electron chi connectivity index (χ1n) is 13.4. The molecular weight excluding hydrogens is 494 g/mol. The molecule has 1 aliphatic heterocycles. The van der Waals surface area contributed by atoms with Gasteiger partial charge in [0.25, 0.3) is 11.7 Å². The molecule has 4 rings (SSSR count). The number of likely N-dealkylation sites (tertiary alicyclic amines) is 1. The highest BCUT2D eigenvalue weighted by atomic mass is 16.5. The van der Waals surface area contributed by atoms with E-state index in [9.17, 15) is 14.7 Å². The van der Waals surface area contributed by atoms with Crippen LogP contribution in [-0.2, 0) is 16.0 Å². The molecule has 0 aliphatic carbocycles. The molecule has 0 spiro atoms. The summed E-state index contributed by atoms with van der Waals surface area (Å²) in [5.41, 5.74) is 2.17. The summed E-state index contributed by atoms with van der Waals surface area (Å²) in [4.78, 5) is 28.3. The van der Waals surface area contributed by atoms with Crippen molar-refractivity contribution in [3.8, 4) is 17.2 Å². The molecule has 0 radical (unpaired) electrons. The monoisotopic (exact) mass is 529 g/mol. The van der Waals surface area contributed by atoms with Crippen LogP contribution < -0.4 is 14.2 Å². The zero-order chi connectivity index (χ0) is 27.8. The van der Waals surface area contributed by atoms with Crippen LogP contribution in [0.15, 0.2) is 78.4 Å². The molecule has 1 N–H and O–H groups in total. The third-order valence-electron chi connectivity index (χ3n) is 6.51. The number of carbonyl (C=O) groups is 2. The van der Waals surface area contributed by atoms with E-state index in [0.717, 1.165) is 12.0 Å². The first-order chi connectivity index (χ1) is 19.0. The second-order valence-electron chi connectivity index (χ2n) is 9.17. The second-order valence-corrected chi connectivity index (χ2v) is 9.17. The standard InChI is InChI=1S/C32H35NO6/c1-4-20-39-26-17-14-24(21-27(26)38-6-3)29-28(30(34)23-12-15-25(16-13-23)37-5-2)31(35)32(36)33(29)19-18-22-10-8-7-9-11-22/h7-17,21,29,34H,4-6,18-20H2,1-3H3. The highest BCUT2D eigenvalue weighted by Gasteiger charge is 2.46. The summed E-state index contributed by atoms with van der Waals surface area (Å²) < 4.78 is 17.2. The smallest absolute Gasteiger partial charge is 0.295 e. The third-order valence-corrected chi connectivity index (χ3v) is 6.51. The maximum atomic E-state index is 13.4. The number of hydrogen-bond donors (Lipinski definition) is 1. The molecule has 1 unspecified atom stereocenters. The predicted molar refractivity (Wildman–Crippen MR) is 150 cm³/mol. The molecule has 204 valence electrons. The molecule has 7 nitrogen and oxygen atoms in total. The van der Waals surface area contributed by atoms with Gasteiger partial charge in [0, 0.05) is 12.1 Å². The molecule has 1 atom stereocenters. The molecule has 39 heavy (non-hydrogen) atoms. The van der Waals surface area contributed by atoms with Crippen LogP contribution in [-0.4, -0.2) is 48.1 Å². The molecule has 1 amide bonds. The number of nitrogens with zero attached hydrogens (tertiary/aromatic N) is 1. The van der Waals surface area contributed by atoms with Gasteiger partial charge < -0.3 is 24.2 Å². The molecule has 0 saturated carbocycles. The predicted octanol–water partition coefficient (Wildman–Crippen LogP) is 5.94. The number of rotatable bonds is 12. The average Bonchev–Trinajstić information content (AvgIpc) is 3.21. The van der Waals surface area contributed by atoms with Gasteiger partial charge in [0.05, 0.1) is 31.4 Å². The number of hydrogen-bond acceptors (Lipinski definition) is 6. The summed E-state index contributed by atoms with van der Waals surface area (Å²) in [7, 11) is 0. The molecular formula is C32H35NO6. The van der Waals surface area contributed by atoms with Crippen molar-refractivity contribution in [1.29, 1.82) is 0 Å². The maximum absolute atomic E-state index is 13.4. The van der Waals surface area contributed by atoms with E-state index in [4.69, 9.17) is 14.2 Å². The van der Waals surface area contributed by atoms with E-state index < -0.39 is 17.7 Å². The maximum Gasteiger partial charge on any atom is 0.295 e. The molecule has 0 bridgehead atoms. The first-order valence-corrected chi connectivity index (χ1v) is 13.4. The Balaban J connectivity index is 1.79. The Labute approximate surface area is 229 Å². The van der Waals surface area contributed by atoms with Crippen molar-refractivity contribution in [3.05, 3.63) is 95.1 Å². The van der Waals surface area contributed by atoms with Crippen LogP contribution in [0.5, 0.6) is 17.2 Å². The SMILES string of the molecule is CCCOc1ccc(C2C(=C(O)c3ccc(OCC)cc3)C(=O)C(=O)N2CCc2ccccc2)cc1OCC. The minimum absolute atomic E-state index is 0.0434. The van der Waals surface area contributed by atoms with Gasteiger partial charge in [-0.1, -0.05) is 43.3 Å². The van der Waals surface area contributed by atoms with E-state index in [-0.39, 0.29) is 11.3 Å². The highest BCUT2D eigenvalue weighted by molar-refractivity contribution is 6.46. The zero-order valence-corrected chi connectivity index (χ0v) is 22.7. The molecule has 0 aromatic heterocycles. The van der Waals surface area contributed by atoms with Crippen molar-refractivity contribution >= 4 is 17.4 Å². The van der Waals surface area contributed by atoms with Crippen molar-refractivity contribution in [2.45, 2.75) is 39.7 Å². The normalized spacial score (nSPS) is 16.4. The van der Waals surface area contributed by atoms with E-state index in [1.807, 2.05) is 57.2 Å². The zero-order valence-electron chi connectivity index (χ0n) is 22.7. The van der Waals surface area contributed by atoms with Gasteiger partial charge >= 0.3 is 0 Å². The number of benzene rings is 3. The molecule has 3 aromatic rings. The molecule has 1 aliphatic rings. The quantitative estimate of drug-likeness (QED) is 0.178. The van der Waals surface area contributed by atoms with E-state index >= 15 is 0 Å². The van der Waals surface area contributed by atoms with Gasteiger partial charge in [0.15, 0.2) is 11.5 Å². The lowest BCUT2D eigenvalue weighted by Crippen LogP contribution is -2.31. The largest absolute Gasteiger partial charge is 0.507 e. The molecule has 1 heterocycles. The minimum Gasteiger partial charge on any atom is -0.507 e. The summed E-state index contributed by atoms with van der Waals surface area (Å²) in [6.07, 6.45) is 1.40. The fraction of sp³-hybridized carbons (Fsp3) is 0.312. The van der Waals surface area contributed by atoms with Gasteiger partial charge in [-0.15, -0.1) is 0 Å². The number of aliphatic hydroxyl groups excluding tert-OH is 1. The lowest BCUT2D eigenvalue weighted by Gasteiger charge is -2.26.